The molecule has 0 aliphatic carbocycles. The monoisotopic (exact) mass is 445 g/mol. The molecule has 3 aromatic rings. The Balaban J connectivity index is 1.54. The molecule has 0 radical (unpaired) electrons. The number of nitrogens with zero attached hydrogens (tertiary/aromatic N) is 2. The van der Waals surface area contributed by atoms with Gasteiger partial charge in [0.2, 0.25) is 11.9 Å². The van der Waals surface area contributed by atoms with E-state index in [4.69, 9.17) is 0 Å². The van der Waals surface area contributed by atoms with Gasteiger partial charge in [-0.25, -0.2) is 4.98 Å². The maximum atomic E-state index is 12.1. The smallest absolute Gasteiger partial charge is 0.229 e. The molecule has 0 saturated heterocycles. The molecule has 0 atom stereocenters. The van der Waals surface area contributed by atoms with Crippen LogP contribution in [0, 0.1) is 6.92 Å². The first kappa shape index (κ1) is 19.3. The molecule has 0 saturated carbocycles. The van der Waals surface area contributed by atoms with Crippen molar-refractivity contribution in [1.29, 1.82) is 0 Å². The first-order valence-electron chi connectivity index (χ1n) is 8.41. The Morgan fingerprint density at radius 2 is 1.96 bits per heavy atom. The highest BCUT2D eigenvalue weighted by Gasteiger charge is 2.07. The molecule has 0 fully saturated rings. The molecule has 6 nitrogen and oxygen atoms in total. The zero-order valence-electron chi connectivity index (χ0n) is 15.0. The summed E-state index contributed by atoms with van der Waals surface area (Å²) in [4.78, 5) is 21.8. The summed E-state index contributed by atoms with van der Waals surface area (Å²) < 4.78 is 1.01. The highest BCUT2D eigenvalue weighted by atomic mass is 79.9. The summed E-state index contributed by atoms with van der Waals surface area (Å²) in [6, 6.07) is 11.6. The third-order valence-corrected chi connectivity index (χ3v) is 5.44. The number of aromatic nitrogens is 2. The van der Waals surface area contributed by atoms with Crippen molar-refractivity contribution >= 4 is 50.6 Å². The van der Waals surface area contributed by atoms with Crippen LogP contribution >= 0.6 is 27.3 Å². The van der Waals surface area contributed by atoms with E-state index in [2.05, 4.69) is 41.8 Å². The van der Waals surface area contributed by atoms with E-state index in [1.54, 1.807) is 18.4 Å². The van der Waals surface area contributed by atoms with Gasteiger partial charge in [0.05, 0.1) is 6.42 Å². The predicted octanol–water partition coefficient (Wildman–Crippen LogP) is 4.44. The van der Waals surface area contributed by atoms with Crippen molar-refractivity contribution in [2.75, 3.05) is 23.0 Å². The molecule has 1 aromatic carbocycles. The Labute approximate surface area is 170 Å². The van der Waals surface area contributed by atoms with E-state index in [-0.39, 0.29) is 5.91 Å². The van der Waals surface area contributed by atoms with Crippen LogP contribution in [0.25, 0.3) is 0 Å². The molecule has 0 bridgehead atoms. The Bertz CT molecular complexity index is 926. The minimum absolute atomic E-state index is 0.0220. The van der Waals surface area contributed by atoms with Crippen molar-refractivity contribution in [2.45, 2.75) is 19.9 Å². The Kier molecular flexibility index (Phi) is 6.41. The van der Waals surface area contributed by atoms with E-state index >= 15 is 0 Å². The number of anilines is 3. The van der Waals surface area contributed by atoms with Crippen molar-refractivity contribution in [1.82, 2.24) is 9.97 Å². The maximum absolute atomic E-state index is 12.1. The summed E-state index contributed by atoms with van der Waals surface area (Å²) in [5.74, 6) is 1.34. The fourth-order valence-electron chi connectivity index (χ4n) is 2.48. The second-order valence-electron chi connectivity index (χ2n) is 5.97. The van der Waals surface area contributed by atoms with E-state index in [1.165, 1.54) is 0 Å². The molecule has 27 heavy (non-hydrogen) atoms. The van der Waals surface area contributed by atoms with Crippen LogP contribution in [0.1, 0.15) is 16.1 Å². The predicted molar refractivity (Wildman–Crippen MR) is 114 cm³/mol. The minimum Gasteiger partial charge on any atom is -0.366 e. The number of thiophene rings is 1. The molecule has 0 unspecified atom stereocenters. The lowest BCUT2D eigenvalue weighted by atomic mass is 10.2. The molecule has 0 aliphatic heterocycles. The van der Waals surface area contributed by atoms with Gasteiger partial charge in [-0.1, -0.05) is 12.1 Å². The van der Waals surface area contributed by atoms with Crippen LogP contribution < -0.4 is 16.0 Å². The van der Waals surface area contributed by atoms with Crippen LogP contribution in [0.4, 0.5) is 17.5 Å². The molecule has 2 aromatic heterocycles. The van der Waals surface area contributed by atoms with Crippen molar-refractivity contribution in [2.24, 2.45) is 0 Å². The third kappa shape index (κ3) is 5.77. The fourth-order valence-corrected chi connectivity index (χ4v) is 3.93. The molecule has 140 valence electrons. The first-order valence-corrected chi connectivity index (χ1v) is 10.1. The number of nitrogens with one attached hydrogen (secondary N) is 3. The standard InChI is InChI=1S/C19H20BrN5OS/c1-12-7-17(25-19(21-2)23-12)22-10-13-3-5-15(6-4-13)24-18(26)9-16-8-14(20)11-27-16/h3-8,11H,9-10H2,1-2H3,(H,24,26)(H2,21,22,23,25). The summed E-state index contributed by atoms with van der Waals surface area (Å²) in [7, 11) is 1.79. The number of hydrogen-bond donors (Lipinski definition) is 3. The van der Waals surface area contributed by atoms with Crippen molar-refractivity contribution in [3.05, 3.63) is 62.4 Å². The molecule has 2 heterocycles. The van der Waals surface area contributed by atoms with Crippen LogP contribution in [-0.4, -0.2) is 22.9 Å². The lowest BCUT2D eigenvalue weighted by Crippen LogP contribution is -2.13. The normalized spacial score (nSPS) is 10.5. The molecule has 3 N–H and O–H groups in total. The number of aryl methyl sites for hydroxylation is 1. The molecule has 0 spiro atoms. The van der Waals surface area contributed by atoms with Gasteiger partial charge < -0.3 is 16.0 Å². The zero-order chi connectivity index (χ0) is 19.2. The van der Waals surface area contributed by atoms with Gasteiger partial charge in [-0.2, -0.15) is 4.98 Å². The summed E-state index contributed by atoms with van der Waals surface area (Å²) in [6.07, 6.45) is 0.375. The summed E-state index contributed by atoms with van der Waals surface area (Å²) in [5.41, 5.74) is 2.78. The lowest BCUT2D eigenvalue weighted by molar-refractivity contribution is -0.115. The van der Waals surface area contributed by atoms with Gasteiger partial charge in [-0.05, 0) is 46.6 Å². The first-order chi connectivity index (χ1) is 13.0. The van der Waals surface area contributed by atoms with Crippen molar-refractivity contribution in [3.8, 4) is 0 Å². The van der Waals surface area contributed by atoms with Gasteiger partial charge in [-0.15, -0.1) is 11.3 Å². The van der Waals surface area contributed by atoms with Crippen LogP contribution in [0.2, 0.25) is 0 Å². The SMILES string of the molecule is CNc1nc(C)cc(NCc2ccc(NC(=O)Cc3cc(Br)cs3)cc2)n1. The summed E-state index contributed by atoms with van der Waals surface area (Å²) in [6.45, 7) is 2.57. The van der Waals surface area contributed by atoms with Gasteiger partial charge in [0, 0.05) is 45.8 Å². The second-order valence-corrected chi connectivity index (χ2v) is 7.89. The topological polar surface area (TPSA) is 78.9 Å². The van der Waals surface area contributed by atoms with E-state index < -0.39 is 0 Å². The second kappa shape index (κ2) is 8.96. The lowest BCUT2D eigenvalue weighted by Gasteiger charge is -2.09. The number of rotatable bonds is 7. The molecule has 3 rings (SSSR count). The third-order valence-electron chi connectivity index (χ3n) is 3.75. The molecule has 1 amide bonds. The van der Waals surface area contributed by atoms with Crippen LogP contribution in [0.3, 0.4) is 0 Å². The Morgan fingerprint density at radius 1 is 1.19 bits per heavy atom. The minimum atomic E-state index is -0.0220. The number of carbonyl (C=O) groups is 1. The van der Waals surface area contributed by atoms with Gasteiger partial charge >= 0.3 is 0 Å². The van der Waals surface area contributed by atoms with Gasteiger partial charge in [-0.3, -0.25) is 4.79 Å². The number of carbonyl (C=O) groups excluding carboxylic acids is 1. The average Bonchev–Trinajstić information content (AvgIpc) is 3.05. The van der Waals surface area contributed by atoms with Crippen LogP contribution in [-0.2, 0) is 17.8 Å². The Morgan fingerprint density at radius 3 is 2.63 bits per heavy atom. The van der Waals surface area contributed by atoms with Crippen molar-refractivity contribution < 1.29 is 4.79 Å². The molecule has 0 aliphatic rings. The van der Waals surface area contributed by atoms with Crippen LogP contribution in [0.5, 0.6) is 0 Å². The maximum Gasteiger partial charge on any atom is 0.229 e. The number of amides is 1. The van der Waals surface area contributed by atoms with E-state index in [0.29, 0.717) is 18.9 Å². The van der Waals surface area contributed by atoms with E-state index in [9.17, 15) is 4.79 Å². The highest BCUT2D eigenvalue weighted by Crippen LogP contribution is 2.20. The van der Waals surface area contributed by atoms with Crippen LogP contribution in [0.15, 0.2) is 46.3 Å². The summed E-state index contributed by atoms with van der Waals surface area (Å²) >= 11 is 4.97. The zero-order valence-corrected chi connectivity index (χ0v) is 17.4. The van der Waals surface area contributed by atoms with Gasteiger partial charge in [0.1, 0.15) is 5.82 Å². The van der Waals surface area contributed by atoms with Gasteiger partial charge in [0.25, 0.3) is 0 Å². The molecular formula is C19H20BrN5OS. The largest absolute Gasteiger partial charge is 0.366 e. The quantitative estimate of drug-likeness (QED) is 0.500. The average molecular weight is 446 g/mol. The summed E-state index contributed by atoms with van der Waals surface area (Å²) in [5, 5.41) is 11.1. The van der Waals surface area contributed by atoms with Gasteiger partial charge in [0.15, 0.2) is 0 Å². The molecule has 8 heteroatoms. The number of hydrogen-bond acceptors (Lipinski definition) is 6. The molecular weight excluding hydrogens is 426 g/mol. The van der Waals surface area contributed by atoms with E-state index in [1.807, 2.05) is 48.7 Å². The van der Waals surface area contributed by atoms with Crippen molar-refractivity contribution in [3.63, 3.8) is 0 Å². The van der Waals surface area contributed by atoms with E-state index in [0.717, 1.165) is 32.1 Å². The fraction of sp³-hybridized carbons (Fsp3) is 0.211. The highest BCUT2D eigenvalue weighted by molar-refractivity contribution is 9.10. The number of halogens is 1. The number of benzene rings is 1. The Hall–Kier alpha value is -2.45.